The summed E-state index contributed by atoms with van der Waals surface area (Å²) in [6.07, 6.45) is 2.41. The molecule has 5 N–H and O–H groups in total. The lowest BCUT2D eigenvalue weighted by Gasteiger charge is -2.43. The molecule has 3 aliphatic heterocycles. The number of pyridine rings is 1. The first-order chi connectivity index (χ1) is 28.8. The lowest BCUT2D eigenvalue weighted by molar-refractivity contribution is -0.0336. The van der Waals surface area contributed by atoms with Gasteiger partial charge in [-0.05, 0) is 110 Å². The van der Waals surface area contributed by atoms with E-state index in [1.54, 1.807) is 24.3 Å². The molecule has 3 fully saturated rings. The summed E-state index contributed by atoms with van der Waals surface area (Å²) in [6.45, 7) is 5.12. The topological polar surface area (TPSA) is 172 Å². The van der Waals surface area contributed by atoms with E-state index in [2.05, 4.69) is 20.5 Å². The summed E-state index contributed by atoms with van der Waals surface area (Å²) in [6, 6.07) is 30.2. The van der Waals surface area contributed by atoms with Gasteiger partial charge in [0.15, 0.2) is 0 Å². The van der Waals surface area contributed by atoms with Gasteiger partial charge in [-0.25, -0.2) is 9.59 Å². The number of nitrogens with one attached hydrogen (secondary N) is 3. The van der Waals surface area contributed by atoms with Crippen molar-refractivity contribution in [1.29, 1.82) is 0 Å². The number of phenolic OH excluding ortho intramolecular Hbond substituents is 1. The number of hydrogen-bond acceptors (Lipinski definition) is 11. The second kappa shape index (κ2) is 20.3. The molecule has 13 nitrogen and oxygen atoms in total. The van der Waals surface area contributed by atoms with E-state index >= 15 is 0 Å². The van der Waals surface area contributed by atoms with Crippen molar-refractivity contribution in [2.75, 3.05) is 52.5 Å². The molecule has 310 valence electrons. The van der Waals surface area contributed by atoms with Gasteiger partial charge in [-0.1, -0.05) is 60.7 Å². The Labute approximate surface area is 343 Å². The highest BCUT2D eigenvalue weighted by Gasteiger charge is 2.37. The number of rotatable bonds is 19. The van der Waals surface area contributed by atoms with Crippen molar-refractivity contribution in [3.8, 4) is 11.5 Å². The van der Waals surface area contributed by atoms with E-state index in [4.69, 9.17) is 18.9 Å². The molecule has 4 aromatic carbocycles. The van der Waals surface area contributed by atoms with Crippen LogP contribution in [0.4, 0.5) is 4.79 Å². The summed E-state index contributed by atoms with van der Waals surface area (Å²) in [5.41, 5.74) is 3.71. The summed E-state index contributed by atoms with van der Waals surface area (Å²) in [4.78, 5) is 42.5. The molecule has 3 unspecified atom stereocenters. The molecule has 2 bridgehead atoms. The van der Waals surface area contributed by atoms with Gasteiger partial charge in [-0.15, -0.1) is 0 Å². The largest absolute Gasteiger partial charge is 0.506 e. The van der Waals surface area contributed by atoms with Gasteiger partial charge in [-0.2, -0.15) is 0 Å². The summed E-state index contributed by atoms with van der Waals surface area (Å²) in [5, 5.41) is 27.7. The molecular formula is C46H52N4O9. The number of hydrogen-bond donors (Lipinski definition) is 5. The molecule has 0 radical (unpaired) electrons. The second-order valence-electron chi connectivity index (χ2n) is 15.1. The molecule has 13 heteroatoms. The minimum absolute atomic E-state index is 0.0458. The fourth-order valence-corrected chi connectivity index (χ4v) is 7.76. The van der Waals surface area contributed by atoms with Crippen molar-refractivity contribution in [3.63, 3.8) is 0 Å². The molecule has 0 aliphatic carbocycles. The van der Waals surface area contributed by atoms with E-state index in [1.807, 2.05) is 66.7 Å². The van der Waals surface area contributed by atoms with E-state index in [-0.39, 0.29) is 37.2 Å². The number of aromatic hydroxyl groups is 1. The maximum Gasteiger partial charge on any atom is 0.408 e. The van der Waals surface area contributed by atoms with Crippen molar-refractivity contribution in [2.45, 2.75) is 50.5 Å². The number of aromatic nitrogens is 1. The lowest BCUT2D eigenvalue weighted by Crippen LogP contribution is -2.52. The van der Waals surface area contributed by atoms with Gasteiger partial charge in [0, 0.05) is 31.1 Å². The van der Waals surface area contributed by atoms with Crippen LogP contribution in [0.15, 0.2) is 108 Å². The molecule has 3 aliphatic rings. The van der Waals surface area contributed by atoms with Gasteiger partial charge >= 0.3 is 12.1 Å². The van der Waals surface area contributed by atoms with Crippen LogP contribution in [0, 0.1) is 5.92 Å². The highest BCUT2D eigenvalue weighted by atomic mass is 16.6. The highest BCUT2D eigenvalue weighted by Crippen LogP contribution is 2.31. The minimum atomic E-state index is -0.815. The predicted molar refractivity (Wildman–Crippen MR) is 222 cm³/mol. The fourth-order valence-electron chi connectivity index (χ4n) is 7.76. The number of ether oxygens (including phenoxy) is 4. The lowest BCUT2D eigenvalue weighted by atomic mass is 9.86. The Balaban J connectivity index is 0.792. The van der Waals surface area contributed by atoms with E-state index in [0.29, 0.717) is 53.4 Å². The number of amides is 1. The van der Waals surface area contributed by atoms with Crippen LogP contribution in [0.25, 0.3) is 10.9 Å². The predicted octanol–water partition coefficient (Wildman–Crippen LogP) is 6.00. The molecular weight excluding hydrogens is 753 g/mol. The third kappa shape index (κ3) is 11.3. The van der Waals surface area contributed by atoms with Crippen LogP contribution >= 0.6 is 0 Å². The first-order valence-corrected chi connectivity index (χ1v) is 20.4. The molecule has 3 atom stereocenters. The zero-order chi connectivity index (χ0) is 41.0. The number of carbonyl (C=O) groups is 2. The molecule has 0 saturated carbocycles. The number of H-pyrrole nitrogens is 1. The molecule has 59 heavy (non-hydrogen) atoms. The van der Waals surface area contributed by atoms with E-state index in [1.165, 1.54) is 12.1 Å². The number of benzene rings is 4. The number of unbranched alkanes of at least 4 members (excludes halogenated alkanes) is 1. The normalized spacial score (nSPS) is 18.2. The maximum atomic E-state index is 13.2. The number of phenols is 1. The minimum Gasteiger partial charge on any atom is -0.506 e. The summed E-state index contributed by atoms with van der Waals surface area (Å²) in [5.74, 6) is 0.586. The van der Waals surface area contributed by atoms with Crippen LogP contribution in [0.5, 0.6) is 11.5 Å². The first-order valence-electron chi connectivity index (χ1n) is 20.4. The summed E-state index contributed by atoms with van der Waals surface area (Å²) >= 11 is 0. The molecule has 0 spiro atoms. The van der Waals surface area contributed by atoms with Crippen LogP contribution in [-0.2, 0) is 20.8 Å². The van der Waals surface area contributed by atoms with Gasteiger partial charge in [0.25, 0.3) is 0 Å². The molecule has 3 saturated heterocycles. The number of piperidine rings is 3. The van der Waals surface area contributed by atoms with E-state index < -0.39 is 24.2 Å². The monoisotopic (exact) mass is 804 g/mol. The highest BCUT2D eigenvalue weighted by molar-refractivity contribution is 5.89. The van der Waals surface area contributed by atoms with Crippen molar-refractivity contribution < 1.29 is 38.7 Å². The maximum absolute atomic E-state index is 13.2. The van der Waals surface area contributed by atoms with Crippen molar-refractivity contribution in [3.05, 3.63) is 141 Å². The smallest absolute Gasteiger partial charge is 0.408 e. The first kappa shape index (κ1) is 41.4. The average molecular weight is 805 g/mol. The third-order valence-electron chi connectivity index (χ3n) is 11.0. The summed E-state index contributed by atoms with van der Waals surface area (Å²) < 4.78 is 23.1. The number of carbonyl (C=O) groups excluding carboxylic acids is 2. The second-order valence-corrected chi connectivity index (χ2v) is 15.1. The summed E-state index contributed by atoms with van der Waals surface area (Å²) in [7, 11) is 0. The Hall–Kier alpha value is -5.73. The number of fused-ring (bicyclic) bond motifs is 4. The van der Waals surface area contributed by atoms with Crippen molar-refractivity contribution in [1.82, 2.24) is 20.5 Å². The van der Waals surface area contributed by atoms with Crippen LogP contribution < -0.4 is 20.9 Å². The van der Waals surface area contributed by atoms with Crippen LogP contribution in [0.2, 0.25) is 0 Å². The van der Waals surface area contributed by atoms with Crippen LogP contribution in [-0.4, -0.2) is 90.8 Å². The van der Waals surface area contributed by atoms with Gasteiger partial charge in [0.05, 0.1) is 29.8 Å². The number of aliphatic hydroxyl groups excluding tert-OH is 1. The molecule has 1 amide bonds. The molecule has 4 heterocycles. The Kier molecular flexibility index (Phi) is 14.3. The zero-order valence-electron chi connectivity index (χ0n) is 33.0. The van der Waals surface area contributed by atoms with Gasteiger partial charge in [0.1, 0.15) is 30.8 Å². The van der Waals surface area contributed by atoms with Gasteiger partial charge in [0.2, 0.25) is 5.56 Å². The average Bonchev–Trinajstić information content (AvgIpc) is 3.26. The number of nitrogens with zero attached hydrogens (tertiary/aromatic N) is 1. The van der Waals surface area contributed by atoms with Crippen LogP contribution in [0.1, 0.15) is 70.4 Å². The SMILES string of the molecule is O=C(NC(c1ccccc1)c1cccc(OCc2ccc(C(=O)OCCOCCCCNCC(O)c3ccc(O)c4[nH]c(=O)ccc34)cc2)c1)OC1CN2CCC1CC2. The van der Waals surface area contributed by atoms with Crippen molar-refractivity contribution in [2.24, 2.45) is 5.92 Å². The van der Waals surface area contributed by atoms with Gasteiger partial charge in [-0.3, -0.25) is 9.69 Å². The quantitative estimate of drug-likeness (QED) is 0.0490. The van der Waals surface area contributed by atoms with Gasteiger partial charge < -0.3 is 44.8 Å². The molecule has 8 rings (SSSR count). The Morgan fingerprint density at radius 3 is 2.44 bits per heavy atom. The Morgan fingerprint density at radius 2 is 1.66 bits per heavy atom. The fraction of sp³-hybridized carbons (Fsp3) is 0.370. The Bertz CT molecular complexity index is 2210. The molecule has 5 aromatic rings. The van der Waals surface area contributed by atoms with Crippen molar-refractivity contribution >= 4 is 23.0 Å². The van der Waals surface area contributed by atoms with E-state index in [9.17, 15) is 24.6 Å². The third-order valence-corrected chi connectivity index (χ3v) is 11.0. The standard InChI is InChI=1S/C46H52N4O9/c51-39-17-15-37(38-16-18-42(53)48-44(38)39)40(52)28-47-21-4-5-24-56-25-26-57-45(54)34-13-11-31(12-14-34)30-58-36-10-6-9-35(27-36)43(33-7-2-1-3-8-33)49-46(55)59-41-29-50-22-19-32(41)20-23-50/h1-3,6-18,27,32,40-41,43,47,51-52H,4-5,19-26,28-30H2,(H,48,53)(H,49,55). The molecule has 1 aromatic heterocycles. The van der Waals surface area contributed by atoms with E-state index in [0.717, 1.165) is 62.0 Å². The number of esters is 1. The number of aliphatic hydroxyl groups is 1. The van der Waals surface area contributed by atoms with Crippen LogP contribution in [0.3, 0.4) is 0 Å². The zero-order valence-corrected chi connectivity index (χ0v) is 33.0. The Morgan fingerprint density at radius 1 is 0.864 bits per heavy atom. The number of aromatic amines is 1. The number of alkyl carbamates (subject to hydrolysis) is 1.